The van der Waals surface area contributed by atoms with Gasteiger partial charge in [0.1, 0.15) is 17.2 Å². The third kappa shape index (κ3) is 6.07. The second kappa shape index (κ2) is 10.3. The minimum atomic E-state index is -0.331. The maximum Gasteiger partial charge on any atom is 0.257 e. The van der Waals surface area contributed by atoms with Gasteiger partial charge in [-0.15, -0.1) is 10.2 Å². The van der Waals surface area contributed by atoms with E-state index in [-0.39, 0.29) is 18.1 Å². The number of hydrogen-bond acceptors (Lipinski definition) is 9. The fourth-order valence-corrected chi connectivity index (χ4v) is 3.70. The zero-order valence-electron chi connectivity index (χ0n) is 19.1. The van der Waals surface area contributed by atoms with Crippen LogP contribution < -0.4 is 19.5 Å². The van der Waals surface area contributed by atoms with Crippen molar-refractivity contribution < 1.29 is 19.0 Å². The van der Waals surface area contributed by atoms with E-state index in [4.69, 9.17) is 14.2 Å². The number of amides is 1. The molecule has 176 valence electrons. The zero-order chi connectivity index (χ0) is 24.1. The second-order valence-corrected chi connectivity index (χ2v) is 8.82. The Hall–Kier alpha value is -3.99. The summed E-state index contributed by atoms with van der Waals surface area (Å²) in [6.07, 6.45) is 1.47. The van der Waals surface area contributed by atoms with Crippen molar-refractivity contribution in [2.24, 2.45) is 0 Å². The Kier molecular flexibility index (Phi) is 7.02. The van der Waals surface area contributed by atoms with Crippen LogP contribution in [-0.2, 0) is 0 Å². The fraction of sp³-hybridized carbons (Fsp3) is 0.261. The van der Waals surface area contributed by atoms with Crippen LogP contribution in [-0.4, -0.2) is 43.7 Å². The summed E-state index contributed by atoms with van der Waals surface area (Å²) in [5, 5.41) is 17.6. The van der Waals surface area contributed by atoms with Crippen molar-refractivity contribution in [3.05, 3.63) is 54.2 Å². The molecule has 10 nitrogen and oxygen atoms in total. The molecular formula is C23H24N6O4S. The summed E-state index contributed by atoms with van der Waals surface area (Å²) in [7, 11) is 0. The average Bonchev–Trinajstić information content (AvgIpc) is 3.45. The largest absolute Gasteiger partial charge is 0.491 e. The maximum atomic E-state index is 12.9. The fourth-order valence-electron chi connectivity index (χ4n) is 3.02. The number of hydrogen-bond donors (Lipinski definition) is 2. The molecular weight excluding hydrogens is 456 g/mol. The molecule has 2 aromatic heterocycles. The molecule has 2 heterocycles. The molecule has 0 aliphatic heterocycles. The molecule has 0 aliphatic rings. The van der Waals surface area contributed by atoms with E-state index in [0.717, 1.165) is 5.56 Å². The normalized spacial score (nSPS) is 11.0. The van der Waals surface area contributed by atoms with Gasteiger partial charge in [-0.1, -0.05) is 23.5 Å². The smallest absolute Gasteiger partial charge is 0.257 e. The van der Waals surface area contributed by atoms with Crippen molar-refractivity contribution in [2.75, 3.05) is 5.32 Å². The number of ether oxygens (including phenoxy) is 3. The van der Waals surface area contributed by atoms with Crippen LogP contribution >= 0.6 is 11.3 Å². The lowest BCUT2D eigenvalue weighted by atomic mass is 10.2. The first kappa shape index (κ1) is 23.2. The summed E-state index contributed by atoms with van der Waals surface area (Å²) in [6.45, 7) is 7.69. The number of nitrogens with one attached hydrogen (secondary N) is 2. The van der Waals surface area contributed by atoms with Crippen molar-refractivity contribution in [1.29, 1.82) is 0 Å². The topological polar surface area (TPSA) is 124 Å². The molecule has 0 fully saturated rings. The van der Waals surface area contributed by atoms with Gasteiger partial charge in [0.2, 0.25) is 10.9 Å². The van der Waals surface area contributed by atoms with Gasteiger partial charge in [0.25, 0.3) is 5.91 Å². The van der Waals surface area contributed by atoms with Crippen LogP contribution in [0.15, 0.2) is 48.7 Å². The molecule has 0 aliphatic carbocycles. The molecule has 0 spiro atoms. The van der Waals surface area contributed by atoms with Crippen molar-refractivity contribution in [1.82, 2.24) is 25.6 Å². The van der Waals surface area contributed by atoms with Crippen LogP contribution in [0.25, 0.3) is 11.4 Å². The third-order valence-corrected chi connectivity index (χ3v) is 5.04. The van der Waals surface area contributed by atoms with E-state index >= 15 is 0 Å². The molecule has 0 atom stereocenters. The van der Waals surface area contributed by atoms with E-state index in [9.17, 15) is 4.79 Å². The van der Waals surface area contributed by atoms with Crippen molar-refractivity contribution in [3.8, 4) is 33.7 Å². The quantitative estimate of drug-likeness (QED) is 0.345. The van der Waals surface area contributed by atoms with E-state index in [1.165, 1.54) is 11.3 Å². The van der Waals surface area contributed by atoms with Gasteiger partial charge in [-0.25, -0.2) is 4.98 Å². The highest BCUT2D eigenvalue weighted by Gasteiger charge is 2.15. The first-order valence-electron chi connectivity index (χ1n) is 10.6. The van der Waals surface area contributed by atoms with E-state index in [2.05, 4.69) is 30.9 Å². The van der Waals surface area contributed by atoms with E-state index < -0.39 is 0 Å². The number of carbonyl (C=O) groups excluding carboxylic acids is 1. The van der Waals surface area contributed by atoms with Crippen LogP contribution in [0.2, 0.25) is 0 Å². The van der Waals surface area contributed by atoms with Gasteiger partial charge < -0.3 is 14.2 Å². The van der Waals surface area contributed by atoms with Gasteiger partial charge in [0.15, 0.2) is 5.13 Å². The minimum Gasteiger partial charge on any atom is -0.491 e. The zero-order valence-corrected chi connectivity index (χ0v) is 19.9. The average molecular weight is 481 g/mol. The number of nitrogens with zero attached hydrogens (tertiary/aromatic N) is 4. The summed E-state index contributed by atoms with van der Waals surface area (Å²) in [6, 6.07) is 12.4. The standard InChI is InChI=1S/C23H24N6O4S/c1-13(2)31-18-9-16(10-19(11-18)32-14(3)4)22(30)25-23-24-12-20(34-23)33-17-7-5-6-15(8-17)21-26-28-29-27-21/h5-14H,1-4H3,(H,24,25,30)(H,26,27,28,29). The monoisotopic (exact) mass is 480 g/mol. The molecule has 0 saturated carbocycles. The van der Waals surface area contributed by atoms with Crippen LogP contribution in [0.1, 0.15) is 38.1 Å². The van der Waals surface area contributed by atoms with Crippen LogP contribution in [0.3, 0.4) is 0 Å². The Labute approximate surface area is 200 Å². The maximum absolute atomic E-state index is 12.9. The van der Waals surface area contributed by atoms with Crippen molar-refractivity contribution in [2.45, 2.75) is 39.9 Å². The number of aromatic nitrogens is 5. The van der Waals surface area contributed by atoms with E-state index in [1.54, 1.807) is 36.5 Å². The van der Waals surface area contributed by atoms with Gasteiger partial charge in [-0.2, -0.15) is 5.21 Å². The SMILES string of the molecule is CC(C)Oc1cc(OC(C)C)cc(C(=O)Nc2ncc(Oc3cccc(-c4nn[nH]n4)c3)s2)c1. The molecule has 4 aromatic rings. The number of carbonyl (C=O) groups is 1. The summed E-state index contributed by atoms with van der Waals surface area (Å²) in [4.78, 5) is 17.2. The van der Waals surface area contributed by atoms with Gasteiger partial charge in [-0.3, -0.25) is 10.1 Å². The first-order valence-corrected chi connectivity index (χ1v) is 11.4. The third-order valence-electron chi connectivity index (χ3n) is 4.25. The number of rotatable bonds is 9. The first-order chi connectivity index (χ1) is 16.4. The molecule has 0 radical (unpaired) electrons. The molecule has 0 bridgehead atoms. The van der Waals surface area contributed by atoms with Gasteiger partial charge in [-0.05, 0) is 57.2 Å². The Morgan fingerprint density at radius 3 is 2.38 bits per heavy atom. The summed E-state index contributed by atoms with van der Waals surface area (Å²) in [5.74, 6) is 1.83. The Bertz CT molecular complexity index is 1230. The number of tetrazole rings is 1. The van der Waals surface area contributed by atoms with Gasteiger partial charge >= 0.3 is 0 Å². The lowest BCUT2D eigenvalue weighted by molar-refractivity contribution is 0.102. The summed E-state index contributed by atoms with van der Waals surface area (Å²) >= 11 is 1.21. The molecule has 2 aromatic carbocycles. The Balaban J connectivity index is 1.47. The number of anilines is 1. The number of H-pyrrole nitrogens is 1. The predicted molar refractivity (Wildman–Crippen MR) is 128 cm³/mol. The van der Waals surface area contributed by atoms with Crippen molar-refractivity contribution in [3.63, 3.8) is 0 Å². The van der Waals surface area contributed by atoms with Gasteiger partial charge in [0, 0.05) is 17.2 Å². The number of benzene rings is 2. The van der Waals surface area contributed by atoms with Crippen LogP contribution in [0.5, 0.6) is 22.3 Å². The highest BCUT2D eigenvalue weighted by Crippen LogP contribution is 2.32. The number of aromatic amines is 1. The van der Waals surface area contributed by atoms with E-state index in [1.807, 2.05) is 39.8 Å². The van der Waals surface area contributed by atoms with Crippen molar-refractivity contribution >= 4 is 22.4 Å². The molecule has 0 saturated heterocycles. The lowest BCUT2D eigenvalue weighted by Crippen LogP contribution is -2.14. The Morgan fingerprint density at radius 1 is 1.00 bits per heavy atom. The summed E-state index contributed by atoms with van der Waals surface area (Å²) < 4.78 is 17.4. The molecule has 34 heavy (non-hydrogen) atoms. The number of thiazole rings is 1. The van der Waals surface area contributed by atoms with Crippen LogP contribution in [0, 0.1) is 0 Å². The Morgan fingerprint density at radius 2 is 1.74 bits per heavy atom. The second-order valence-electron chi connectivity index (χ2n) is 7.83. The molecule has 1 amide bonds. The molecule has 4 rings (SSSR count). The van der Waals surface area contributed by atoms with Gasteiger partial charge in [0.05, 0.1) is 18.4 Å². The molecule has 0 unspecified atom stereocenters. The highest BCUT2D eigenvalue weighted by molar-refractivity contribution is 7.17. The minimum absolute atomic E-state index is 0.0394. The predicted octanol–water partition coefficient (Wildman–Crippen LogP) is 4.94. The molecule has 11 heteroatoms. The lowest BCUT2D eigenvalue weighted by Gasteiger charge is -2.15. The highest BCUT2D eigenvalue weighted by atomic mass is 32.1. The van der Waals surface area contributed by atoms with E-state index in [0.29, 0.717) is 38.8 Å². The van der Waals surface area contributed by atoms with Crippen LogP contribution in [0.4, 0.5) is 5.13 Å². The summed E-state index contributed by atoms with van der Waals surface area (Å²) in [5.41, 5.74) is 1.16. The molecule has 2 N–H and O–H groups in total.